The van der Waals surface area contributed by atoms with Crippen molar-refractivity contribution in [2.24, 2.45) is 16.8 Å². The van der Waals surface area contributed by atoms with Gasteiger partial charge in [-0.1, -0.05) is 24.3 Å². The van der Waals surface area contributed by atoms with Crippen molar-refractivity contribution in [3.63, 3.8) is 0 Å². The lowest BCUT2D eigenvalue weighted by molar-refractivity contribution is 0.439. The first-order chi connectivity index (χ1) is 11.7. The molecule has 4 nitrogen and oxygen atoms in total. The number of anilines is 1. The molecule has 0 amide bonds. The average molecular weight is 319 g/mol. The smallest absolute Gasteiger partial charge is 0.155 e. The Bertz CT molecular complexity index is 812. The topological polar surface area (TPSA) is 48.7 Å². The van der Waals surface area contributed by atoms with E-state index in [0.717, 1.165) is 35.9 Å². The number of hydrogen-bond acceptors (Lipinski definition) is 4. The van der Waals surface area contributed by atoms with E-state index in [9.17, 15) is 0 Å². The number of aliphatic imine (C=N–C) groups is 1. The maximum absolute atomic E-state index is 8.29. The van der Waals surface area contributed by atoms with E-state index in [4.69, 9.17) is 15.1 Å². The molecular formula is C20H21N3O. The van der Waals surface area contributed by atoms with Crippen molar-refractivity contribution in [3.05, 3.63) is 54.3 Å². The maximum atomic E-state index is 8.29. The molecule has 4 heteroatoms. The van der Waals surface area contributed by atoms with Crippen LogP contribution in [0.4, 0.5) is 11.4 Å². The Hall–Kier alpha value is -2.62. The van der Waals surface area contributed by atoms with Gasteiger partial charge in [0.25, 0.3) is 0 Å². The van der Waals surface area contributed by atoms with Crippen LogP contribution in [0, 0.1) is 17.2 Å². The molecule has 0 fully saturated rings. The number of nitrogens with zero attached hydrogens (tertiary/aromatic N) is 2. The molecule has 2 aliphatic carbocycles. The van der Waals surface area contributed by atoms with Crippen molar-refractivity contribution < 1.29 is 4.74 Å². The normalized spacial score (nSPS) is 23.5. The number of rotatable bonds is 3. The van der Waals surface area contributed by atoms with Crippen molar-refractivity contribution in [1.29, 1.82) is 5.41 Å². The Morgan fingerprint density at radius 3 is 2.62 bits per heavy atom. The quantitative estimate of drug-likeness (QED) is 0.904. The molecule has 0 saturated carbocycles. The summed E-state index contributed by atoms with van der Waals surface area (Å²) >= 11 is 0. The molecule has 1 aliphatic heterocycles. The fourth-order valence-electron chi connectivity index (χ4n) is 3.56. The molecule has 0 saturated heterocycles. The Labute approximate surface area is 142 Å². The van der Waals surface area contributed by atoms with E-state index >= 15 is 0 Å². The molecule has 122 valence electrons. The molecule has 0 bridgehead atoms. The van der Waals surface area contributed by atoms with Crippen LogP contribution >= 0.6 is 0 Å². The van der Waals surface area contributed by atoms with Crippen LogP contribution in [0.15, 0.2) is 59.3 Å². The van der Waals surface area contributed by atoms with Crippen LogP contribution in [-0.4, -0.2) is 24.5 Å². The molecule has 0 spiro atoms. The number of allylic oxidation sites excluding steroid dienone is 6. The first-order valence-corrected chi connectivity index (χ1v) is 8.52. The van der Waals surface area contributed by atoms with E-state index in [-0.39, 0.29) is 11.8 Å². The Morgan fingerprint density at radius 1 is 1.12 bits per heavy atom. The van der Waals surface area contributed by atoms with Gasteiger partial charge in [0, 0.05) is 48.5 Å². The van der Waals surface area contributed by atoms with Gasteiger partial charge in [0.2, 0.25) is 0 Å². The molecule has 2 atom stereocenters. The van der Waals surface area contributed by atoms with Crippen molar-refractivity contribution in [3.8, 4) is 5.75 Å². The number of ether oxygens (including phenoxy) is 1. The minimum Gasteiger partial charge on any atom is -0.453 e. The van der Waals surface area contributed by atoms with Crippen molar-refractivity contribution in [2.45, 2.75) is 13.8 Å². The first-order valence-electron chi connectivity index (χ1n) is 8.52. The fourth-order valence-corrected chi connectivity index (χ4v) is 3.56. The van der Waals surface area contributed by atoms with Gasteiger partial charge < -0.3 is 15.0 Å². The van der Waals surface area contributed by atoms with Crippen molar-refractivity contribution >= 4 is 22.8 Å². The summed E-state index contributed by atoms with van der Waals surface area (Å²) in [6.07, 6.45) is 10.0. The highest BCUT2D eigenvalue weighted by atomic mass is 16.5. The zero-order valence-corrected chi connectivity index (χ0v) is 14.0. The molecule has 24 heavy (non-hydrogen) atoms. The second-order valence-corrected chi connectivity index (χ2v) is 6.21. The minimum absolute atomic E-state index is 0.0672. The lowest BCUT2D eigenvalue weighted by Crippen LogP contribution is -2.35. The zero-order valence-electron chi connectivity index (χ0n) is 14.0. The van der Waals surface area contributed by atoms with Crippen LogP contribution in [-0.2, 0) is 0 Å². The highest BCUT2D eigenvalue weighted by Crippen LogP contribution is 2.41. The van der Waals surface area contributed by atoms with E-state index in [0.29, 0.717) is 11.5 Å². The predicted molar refractivity (Wildman–Crippen MR) is 98.8 cm³/mol. The van der Waals surface area contributed by atoms with E-state index in [1.165, 1.54) is 0 Å². The summed E-state index contributed by atoms with van der Waals surface area (Å²) in [7, 11) is 0. The predicted octanol–water partition coefficient (Wildman–Crippen LogP) is 4.27. The minimum atomic E-state index is 0.0672. The molecule has 1 N–H and O–H groups in total. The molecule has 0 aromatic heterocycles. The third kappa shape index (κ3) is 2.30. The molecule has 2 unspecified atom stereocenters. The molecule has 3 aliphatic rings. The lowest BCUT2D eigenvalue weighted by Gasteiger charge is -2.33. The summed E-state index contributed by atoms with van der Waals surface area (Å²) in [6, 6.07) is 6.19. The Balaban J connectivity index is 1.76. The Morgan fingerprint density at radius 2 is 1.88 bits per heavy atom. The maximum Gasteiger partial charge on any atom is 0.155 e. The van der Waals surface area contributed by atoms with Gasteiger partial charge in [0.05, 0.1) is 5.71 Å². The van der Waals surface area contributed by atoms with Crippen LogP contribution in [0.1, 0.15) is 13.8 Å². The molecule has 1 aromatic rings. The van der Waals surface area contributed by atoms with Crippen LogP contribution in [0.2, 0.25) is 0 Å². The summed E-state index contributed by atoms with van der Waals surface area (Å²) in [5.41, 5.74) is 3.52. The second-order valence-electron chi connectivity index (χ2n) is 6.21. The van der Waals surface area contributed by atoms with Crippen LogP contribution in [0.3, 0.4) is 0 Å². The summed E-state index contributed by atoms with van der Waals surface area (Å²) in [4.78, 5) is 7.14. The van der Waals surface area contributed by atoms with Gasteiger partial charge >= 0.3 is 0 Å². The third-order valence-corrected chi connectivity index (χ3v) is 4.88. The van der Waals surface area contributed by atoms with E-state index < -0.39 is 0 Å². The monoisotopic (exact) mass is 319 g/mol. The van der Waals surface area contributed by atoms with Gasteiger partial charge in [-0.2, -0.15) is 0 Å². The van der Waals surface area contributed by atoms with Crippen LogP contribution < -0.4 is 9.64 Å². The molecule has 0 radical (unpaired) electrons. The third-order valence-electron chi connectivity index (χ3n) is 4.88. The van der Waals surface area contributed by atoms with E-state index in [1.54, 1.807) is 0 Å². The zero-order chi connectivity index (χ0) is 16.7. The standard InChI is InChI=1S/C20H21N3O/c1-3-23(4-2)13-9-10-17-18(11-13)24-19-12-16(21)14-7-5-6-8-15(14)20(19)22-17/h5-12,14-15,21H,3-4H2,1-2H3. The van der Waals surface area contributed by atoms with Gasteiger partial charge in [-0.3, -0.25) is 0 Å². The summed E-state index contributed by atoms with van der Waals surface area (Å²) in [5, 5.41) is 8.29. The second kappa shape index (κ2) is 5.78. The van der Waals surface area contributed by atoms with Gasteiger partial charge in [0.15, 0.2) is 11.5 Å². The van der Waals surface area contributed by atoms with Crippen molar-refractivity contribution in [1.82, 2.24) is 0 Å². The van der Waals surface area contributed by atoms with Crippen molar-refractivity contribution in [2.75, 3.05) is 18.0 Å². The van der Waals surface area contributed by atoms with Crippen LogP contribution in [0.25, 0.3) is 0 Å². The molecule has 4 rings (SSSR count). The molecule has 1 heterocycles. The largest absolute Gasteiger partial charge is 0.453 e. The van der Waals surface area contributed by atoms with Gasteiger partial charge in [0.1, 0.15) is 5.69 Å². The fraction of sp³-hybridized carbons (Fsp3) is 0.300. The van der Waals surface area contributed by atoms with E-state index in [2.05, 4.69) is 43.0 Å². The number of nitrogens with one attached hydrogen (secondary N) is 1. The van der Waals surface area contributed by atoms with Gasteiger partial charge in [-0.05, 0) is 26.0 Å². The summed E-state index contributed by atoms with van der Waals surface area (Å²) in [5.74, 6) is 1.65. The average Bonchev–Trinajstić information content (AvgIpc) is 2.62. The van der Waals surface area contributed by atoms with Gasteiger partial charge in [-0.25, -0.2) is 4.99 Å². The highest BCUT2D eigenvalue weighted by Gasteiger charge is 2.36. The van der Waals surface area contributed by atoms with Gasteiger partial charge in [-0.15, -0.1) is 0 Å². The number of hydrogen-bond donors (Lipinski definition) is 1. The summed E-state index contributed by atoms with van der Waals surface area (Å²) < 4.78 is 6.14. The van der Waals surface area contributed by atoms with Crippen LogP contribution in [0.5, 0.6) is 5.75 Å². The molecular weight excluding hydrogens is 298 g/mol. The summed E-state index contributed by atoms with van der Waals surface area (Å²) in [6.45, 7) is 6.21. The number of fused-ring (bicyclic) bond motifs is 4. The number of benzene rings is 1. The van der Waals surface area contributed by atoms with E-state index in [1.807, 2.05) is 24.3 Å². The highest BCUT2D eigenvalue weighted by molar-refractivity contribution is 6.16. The first kappa shape index (κ1) is 14.9. The molecule has 1 aromatic carbocycles. The SMILES string of the molecule is CCN(CC)c1ccc2c(c1)OC1=CC(=N)C3C=CC=CC3C1=N2. The Kier molecular flexibility index (Phi) is 3.60. The lowest BCUT2D eigenvalue weighted by atomic mass is 9.77.